The molecule has 0 aromatic rings. The molecule has 0 aliphatic rings. The number of halogens is 4. The number of rotatable bonds is 3. The first-order valence-corrected chi connectivity index (χ1v) is 2.27. The summed E-state index contributed by atoms with van der Waals surface area (Å²) in [5, 5.41) is 0. The lowest BCUT2D eigenvalue weighted by atomic mass is 10.2. The summed E-state index contributed by atoms with van der Waals surface area (Å²) in [5.74, 6) is -4.58. The summed E-state index contributed by atoms with van der Waals surface area (Å²) in [6.07, 6.45) is -2.79. The Hall–Kier alpha value is -0.870. The van der Waals surface area contributed by atoms with Gasteiger partial charge in [-0.2, -0.15) is 13.2 Å². The number of carbonyl (C=O) groups excluding carboxylic acids is 1. The van der Waals surface area contributed by atoms with Crippen molar-refractivity contribution in [3.63, 3.8) is 0 Å². The molecule has 0 amide bonds. The molecule has 0 heterocycles. The van der Waals surface area contributed by atoms with Gasteiger partial charge in [0.25, 0.3) is 0 Å². The Balaban J connectivity index is 4.38. The highest BCUT2D eigenvalue weighted by atomic mass is 19.3. The van der Waals surface area contributed by atoms with Crippen molar-refractivity contribution in [3.8, 4) is 0 Å². The first-order chi connectivity index (χ1) is 4.42. The van der Waals surface area contributed by atoms with E-state index in [1.54, 1.807) is 0 Å². The fourth-order valence-corrected chi connectivity index (χ4v) is 0.256. The molecule has 0 fully saturated rings. The standard InChI is InChI=1S/C5H4F4O/c1-2-3(6)5(8,9)4(7)10/h2-3H,1H2. The zero-order valence-electron chi connectivity index (χ0n) is 4.78. The van der Waals surface area contributed by atoms with Crippen LogP contribution < -0.4 is 0 Å². The molecule has 0 radical (unpaired) electrons. The van der Waals surface area contributed by atoms with Crippen LogP contribution in [0.4, 0.5) is 17.6 Å². The van der Waals surface area contributed by atoms with E-state index in [1.165, 1.54) is 0 Å². The van der Waals surface area contributed by atoms with Crippen LogP contribution in [-0.2, 0) is 4.79 Å². The quantitative estimate of drug-likeness (QED) is 0.345. The molecule has 0 aliphatic carbocycles. The Labute approximate surface area is 54.3 Å². The van der Waals surface area contributed by atoms with E-state index in [0.29, 0.717) is 0 Å². The van der Waals surface area contributed by atoms with Gasteiger partial charge in [-0.25, -0.2) is 4.39 Å². The van der Waals surface area contributed by atoms with Crippen molar-refractivity contribution in [1.29, 1.82) is 0 Å². The fourth-order valence-electron chi connectivity index (χ4n) is 0.256. The number of allylic oxidation sites excluding steroid dienone is 1. The summed E-state index contributed by atoms with van der Waals surface area (Å²) in [5.41, 5.74) is 0. The minimum Gasteiger partial charge on any atom is -0.254 e. The Kier molecular flexibility index (Phi) is 2.56. The van der Waals surface area contributed by atoms with Gasteiger partial charge in [-0.1, -0.05) is 12.7 Å². The van der Waals surface area contributed by atoms with Crippen LogP contribution >= 0.6 is 0 Å². The third kappa shape index (κ3) is 1.55. The number of alkyl halides is 3. The highest BCUT2D eigenvalue weighted by Gasteiger charge is 2.47. The molecule has 1 atom stereocenters. The maximum absolute atomic E-state index is 11.8. The van der Waals surface area contributed by atoms with E-state index >= 15 is 0 Å². The monoisotopic (exact) mass is 156 g/mol. The van der Waals surface area contributed by atoms with Gasteiger partial charge in [0.1, 0.15) is 0 Å². The second-order valence-electron chi connectivity index (χ2n) is 1.53. The van der Waals surface area contributed by atoms with Crippen LogP contribution in [0.1, 0.15) is 0 Å². The predicted molar refractivity (Wildman–Crippen MR) is 26.2 cm³/mol. The van der Waals surface area contributed by atoms with E-state index in [0.717, 1.165) is 0 Å². The average Bonchev–Trinajstić information content (AvgIpc) is 1.86. The Bertz CT molecular complexity index is 154. The minimum atomic E-state index is -4.58. The SMILES string of the molecule is C=CC(F)C(F)(F)C(=O)F. The third-order valence-electron chi connectivity index (χ3n) is 0.815. The van der Waals surface area contributed by atoms with E-state index in [9.17, 15) is 22.4 Å². The third-order valence-corrected chi connectivity index (χ3v) is 0.815. The summed E-state index contributed by atoms with van der Waals surface area (Å²) in [4.78, 5) is 9.36. The smallest absolute Gasteiger partial charge is 0.254 e. The zero-order valence-corrected chi connectivity index (χ0v) is 4.78. The number of hydrogen-bond donors (Lipinski definition) is 0. The van der Waals surface area contributed by atoms with Crippen LogP contribution in [0.15, 0.2) is 12.7 Å². The van der Waals surface area contributed by atoms with Gasteiger partial charge in [-0.05, 0) is 0 Å². The van der Waals surface area contributed by atoms with Crippen molar-refractivity contribution >= 4 is 6.04 Å². The van der Waals surface area contributed by atoms with E-state index in [4.69, 9.17) is 0 Å². The summed E-state index contributed by atoms with van der Waals surface area (Å²) in [6.45, 7) is 2.64. The zero-order chi connectivity index (χ0) is 8.36. The van der Waals surface area contributed by atoms with Crippen molar-refractivity contribution in [2.75, 3.05) is 0 Å². The maximum atomic E-state index is 11.8. The summed E-state index contributed by atoms with van der Waals surface area (Å²) >= 11 is 0. The van der Waals surface area contributed by atoms with Gasteiger partial charge < -0.3 is 0 Å². The fraction of sp³-hybridized carbons (Fsp3) is 0.400. The molecule has 0 aromatic heterocycles. The summed E-state index contributed by atoms with van der Waals surface area (Å²) in [7, 11) is 0. The highest BCUT2D eigenvalue weighted by molar-refractivity contribution is 5.77. The largest absolute Gasteiger partial charge is 0.373 e. The molecule has 0 saturated carbocycles. The van der Waals surface area contributed by atoms with Gasteiger partial charge >= 0.3 is 12.0 Å². The Morgan fingerprint density at radius 3 is 2.10 bits per heavy atom. The van der Waals surface area contributed by atoms with E-state index in [1.807, 2.05) is 0 Å². The molecule has 10 heavy (non-hydrogen) atoms. The Morgan fingerprint density at radius 2 is 2.00 bits per heavy atom. The van der Waals surface area contributed by atoms with Crippen molar-refractivity contribution < 1.29 is 22.4 Å². The molecule has 0 spiro atoms. The second-order valence-corrected chi connectivity index (χ2v) is 1.53. The van der Waals surface area contributed by atoms with E-state index in [-0.39, 0.29) is 6.08 Å². The average molecular weight is 156 g/mol. The van der Waals surface area contributed by atoms with Gasteiger partial charge in [0.15, 0.2) is 6.17 Å². The number of hydrogen-bond acceptors (Lipinski definition) is 1. The molecular formula is C5H4F4O. The lowest BCUT2D eigenvalue weighted by Crippen LogP contribution is -2.35. The van der Waals surface area contributed by atoms with E-state index < -0.39 is 18.1 Å². The molecule has 0 aromatic carbocycles. The van der Waals surface area contributed by atoms with E-state index in [2.05, 4.69) is 6.58 Å². The molecule has 0 bridgehead atoms. The van der Waals surface area contributed by atoms with Gasteiger partial charge in [-0.3, -0.25) is 4.79 Å². The minimum absolute atomic E-state index is 0.164. The first kappa shape index (κ1) is 9.13. The molecule has 0 N–H and O–H groups in total. The predicted octanol–water partition coefficient (Wildman–Crippen LogP) is 1.64. The molecule has 0 rings (SSSR count). The van der Waals surface area contributed by atoms with Gasteiger partial charge in [0.05, 0.1) is 0 Å². The van der Waals surface area contributed by atoms with Crippen LogP contribution in [0, 0.1) is 0 Å². The van der Waals surface area contributed by atoms with Crippen LogP contribution in [0.5, 0.6) is 0 Å². The highest BCUT2D eigenvalue weighted by Crippen LogP contribution is 2.23. The summed E-state index contributed by atoms with van der Waals surface area (Å²) < 4.78 is 46.6. The lowest BCUT2D eigenvalue weighted by molar-refractivity contribution is -0.162. The first-order valence-electron chi connectivity index (χ1n) is 2.27. The molecule has 58 valence electrons. The van der Waals surface area contributed by atoms with Crippen molar-refractivity contribution in [3.05, 3.63) is 12.7 Å². The normalized spacial score (nSPS) is 14.4. The van der Waals surface area contributed by atoms with Gasteiger partial charge in [0.2, 0.25) is 0 Å². The molecular weight excluding hydrogens is 152 g/mol. The van der Waals surface area contributed by atoms with Crippen LogP contribution in [0.25, 0.3) is 0 Å². The number of carbonyl (C=O) groups is 1. The molecule has 5 heteroatoms. The Morgan fingerprint density at radius 1 is 1.60 bits per heavy atom. The van der Waals surface area contributed by atoms with Crippen molar-refractivity contribution in [2.45, 2.75) is 12.1 Å². The van der Waals surface area contributed by atoms with Crippen molar-refractivity contribution in [1.82, 2.24) is 0 Å². The molecule has 1 nitrogen and oxygen atoms in total. The summed E-state index contributed by atoms with van der Waals surface area (Å²) in [6, 6.07) is -2.99. The van der Waals surface area contributed by atoms with Crippen molar-refractivity contribution in [2.24, 2.45) is 0 Å². The molecule has 0 aliphatic heterocycles. The second kappa shape index (κ2) is 2.81. The van der Waals surface area contributed by atoms with Crippen LogP contribution in [-0.4, -0.2) is 18.1 Å². The maximum Gasteiger partial charge on any atom is 0.373 e. The van der Waals surface area contributed by atoms with Gasteiger partial charge in [-0.15, -0.1) is 0 Å². The van der Waals surface area contributed by atoms with Crippen LogP contribution in [0.2, 0.25) is 0 Å². The molecule has 1 unspecified atom stereocenters. The van der Waals surface area contributed by atoms with Crippen LogP contribution in [0.3, 0.4) is 0 Å². The lowest BCUT2D eigenvalue weighted by Gasteiger charge is -2.10. The van der Waals surface area contributed by atoms with Gasteiger partial charge in [0, 0.05) is 0 Å². The molecule has 0 saturated heterocycles. The topological polar surface area (TPSA) is 17.1 Å².